The molecule has 2 aromatic rings. The van der Waals surface area contributed by atoms with E-state index < -0.39 is 4.92 Å². The van der Waals surface area contributed by atoms with Crippen molar-refractivity contribution in [3.8, 4) is 5.88 Å². The van der Waals surface area contributed by atoms with E-state index in [4.69, 9.17) is 21.1 Å². The fourth-order valence-corrected chi connectivity index (χ4v) is 2.57. The number of nitro groups is 1. The van der Waals surface area contributed by atoms with Gasteiger partial charge < -0.3 is 14.8 Å². The molecule has 1 aliphatic heterocycles. The van der Waals surface area contributed by atoms with E-state index >= 15 is 0 Å². The SMILES string of the molecule is O=[N+]([O-])c1cc(Cl)ccc1NCc1ccnc(OC2CCOC2)c1. The summed E-state index contributed by atoms with van der Waals surface area (Å²) in [6.45, 7) is 1.68. The van der Waals surface area contributed by atoms with Crippen molar-refractivity contribution < 1.29 is 14.4 Å². The summed E-state index contributed by atoms with van der Waals surface area (Å²) in [6, 6.07) is 8.16. The number of nitro benzene ring substituents is 1. The first kappa shape index (κ1) is 16.5. The van der Waals surface area contributed by atoms with Gasteiger partial charge in [-0.1, -0.05) is 11.6 Å². The summed E-state index contributed by atoms with van der Waals surface area (Å²) in [5, 5.41) is 14.5. The highest BCUT2D eigenvalue weighted by atomic mass is 35.5. The van der Waals surface area contributed by atoms with Crippen LogP contribution in [0.15, 0.2) is 36.5 Å². The maximum atomic E-state index is 11.1. The first-order valence-electron chi connectivity index (χ1n) is 7.49. The molecule has 1 aromatic carbocycles. The number of hydrogen-bond donors (Lipinski definition) is 1. The fourth-order valence-electron chi connectivity index (χ4n) is 2.40. The zero-order chi connectivity index (χ0) is 16.9. The predicted molar refractivity (Wildman–Crippen MR) is 89.5 cm³/mol. The molecule has 0 bridgehead atoms. The third-order valence-electron chi connectivity index (χ3n) is 3.61. The summed E-state index contributed by atoms with van der Waals surface area (Å²) in [5.74, 6) is 0.524. The van der Waals surface area contributed by atoms with Crippen molar-refractivity contribution in [2.45, 2.75) is 19.1 Å². The van der Waals surface area contributed by atoms with Gasteiger partial charge in [0, 0.05) is 36.3 Å². The van der Waals surface area contributed by atoms with Gasteiger partial charge in [-0.25, -0.2) is 4.98 Å². The first-order chi connectivity index (χ1) is 11.6. The molecule has 1 N–H and O–H groups in total. The molecule has 0 spiro atoms. The van der Waals surface area contributed by atoms with Gasteiger partial charge in [0.25, 0.3) is 5.69 Å². The highest BCUT2D eigenvalue weighted by Gasteiger charge is 2.18. The molecule has 1 unspecified atom stereocenters. The van der Waals surface area contributed by atoms with Crippen molar-refractivity contribution in [2.24, 2.45) is 0 Å². The second-order valence-electron chi connectivity index (χ2n) is 5.38. The Morgan fingerprint density at radius 2 is 2.29 bits per heavy atom. The zero-order valence-corrected chi connectivity index (χ0v) is 13.5. The van der Waals surface area contributed by atoms with E-state index in [9.17, 15) is 10.1 Å². The minimum absolute atomic E-state index is 0.0260. The van der Waals surface area contributed by atoms with Gasteiger partial charge in [-0.15, -0.1) is 0 Å². The van der Waals surface area contributed by atoms with Crippen molar-refractivity contribution in [3.63, 3.8) is 0 Å². The molecular formula is C16H16ClN3O4. The molecule has 0 saturated carbocycles. The molecular weight excluding hydrogens is 334 g/mol. The van der Waals surface area contributed by atoms with Crippen LogP contribution < -0.4 is 10.1 Å². The molecule has 0 amide bonds. The largest absolute Gasteiger partial charge is 0.472 e. The second-order valence-corrected chi connectivity index (χ2v) is 5.81. The number of anilines is 1. The van der Waals surface area contributed by atoms with Gasteiger partial charge >= 0.3 is 0 Å². The number of nitrogens with one attached hydrogen (secondary N) is 1. The average Bonchev–Trinajstić information content (AvgIpc) is 3.07. The zero-order valence-electron chi connectivity index (χ0n) is 12.8. The van der Waals surface area contributed by atoms with Gasteiger partial charge in [0.05, 0.1) is 18.1 Å². The van der Waals surface area contributed by atoms with Crippen molar-refractivity contribution in [1.29, 1.82) is 0 Å². The van der Waals surface area contributed by atoms with Crippen LogP contribution in [0.25, 0.3) is 0 Å². The van der Waals surface area contributed by atoms with Gasteiger partial charge in [-0.05, 0) is 23.8 Å². The van der Waals surface area contributed by atoms with Crippen molar-refractivity contribution in [2.75, 3.05) is 18.5 Å². The number of halogens is 1. The number of benzene rings is 1. The standard InChI is InChI=1S/C16H16ClN3O4/c17-12-1-2-14(15(8-12)20(21)22)19-9-11-3-5-18-16(7-11)24-13-4-6-23-10-13/h1-3,5,7-8,13,19H,4,6,9-10H2. The topological polar surface area (TPSA) is 86.5 Å². The molecule has 24 heavy (non-hydrogen) atoms. The Bertz CT molecular complexity index is 735. The maximum absolute atomic E-state index is 11.1. The fraction of sp³-hybridized carbons (Fsp3) is 0.312. The molecule has 7 nitrogen and oxygen atoms in total. The lowest BCUT2D eigenvalue weighted by atomic mass is 10.2. The summed E-state index contributed by atoms with van der Waals surface area (Å²) in [4.78, 5) is 14.8. The highest BCUT2D eigenvalue weighted by Crippen LogP contribution is 2.28. The Morgan fingerprint density at radius 1 is 1.42 bits per heavy atom. The quantitative estimate of drug-likeness (QED) is 0.635. The Kier molecular flexibility index (Phi) is 5.12. The van der Waals surface area contributed by atoms with Crippen LogP contribution in [0.4, 0.5) is 11.4 Å². The van der Waals surface area contributed by atoms with Crippen LogP contribution in [-0.4, -0.2) is 29.2 Å². The Balaban J connectivity index is 1.67. The van der Waals surface area contributed by atoms with Crippen molar-refractivity contribution >= 4 is 23.0 Å². The summed E-state index contributed by atoms with van der Waals surface area (Å²) < 4.78 is 11.0. The Labute approximate surface area is 143 Å². The molecule has 0 radical (unpaired) electrons. The van der Waals surface area contributed by atoms with E-state index in [0.717, 1.165) is 12.0 Å². The van der Waals surface area contributed by atoms with Gasteiger partial charge in [0.15, 0.2) is 0 Å². The summed E-state index contributed by atoms with van der Waals surface area (Å²) in [5.41, 5.74) is 1.26. The van der Waals surface area contributed by atoms with Crippen LogP contribution >= 0.6 is 11.6 Å². The lowest BCUT2D eigenvalue weighted by molar-refractivity contribution is -0.383. The molecule has 1 aliphatic rings. The van der Waals surface area contributed by atoms with E-state index in [1.807, 2.05) is 12.1 Å². The van der Waals surface area contributed by atoms with Crippen LogP contribution in [0, 0.1) is 10.1 Å². The normalized spacial score (nSPS) is 16.8. The van der Waals surface area contributed by atoms with Crippen LogP contribution in [0.2, 0.25) is 5.02 Å². The predicted octanol–water partition coefficient (Wildman–Crippen LogP) is 3.42. The van der Waals surface area contributed by atoms with Gasteiger partial charge in [-0.2, -0.15) is 0 Å². The Hall–Kier alpha value is -2.38. The van der Waals surface area contributed by atoms with Crippen molar-refractivity contribution in [3.05, 3.63) is 57.2 Å². The van der Waals surface area contributed by atoms with E-state index in [0.29, 0.717) is 36.3 Å². The number of ether oxygens (including phenoxy) is 2. The van der Waals surface area contributed by atoms with Crippen LogP contribution in [0.1, 0.15) is 12.0 Å². The minimum Gasteiger partial charge on any atom is -0.472 e. The number of rotatable bonds is 6. The monoisotopic (exact) mass is 349 g/mol. The molecule has 126 valence electrons. The third-order valence-corrected chi connectivity index (χ3v) is 3.85. The van der Waals surface area contributed by atoms with E-state index in [1.165, 1.54) is 6.07 Å². The van der Waals surface area contributed by atoms with E-state index in [-0.39, 0.29) is 11.8 Å². The molecule has 0 aliphatic carbocycles. The summed E-state index contributed by atoms with van der Waals surface area (Å²) >= 11 is 5.81. The molecule has 1 aromatic heterocycles. The summed E-state index contributed by atoms with van der Waals surface area (Å²) in [7, 11) is 0. The number of hydrogen-bond acceptors (Lipinski definition) is 6. The van der Waals surface area contributed by atoms with Crippen molar-refractivity contribution in [1.82, 2.24) is 4.98 Å². The van der Waals surface area contributed by atoms with Gasteiger partial charge in [0.2, 0.25) is 5.88 Å². The number of nitrogens with zero attached hydrogens (tertiary/aromatic N) is 2. The Morgan fingerprint density at radius 3 is 3.04 bits per heavy atom. The molecule has 1 fully saturated rings. The second kappa shape index (κ2) is 7.46. The molecule has 1 atom stereocenters. The highest BCUT2D eigenvalue weighted by molar-refractivity contribution is 6.30. The average molecular weight is 350 g/mol. The lowest BCUT2D eigenvalue weighted by Gasteiger charge is -2.12. The number of pyridine rings is 1. The first-order valence-corrected chi connectivity index (χ1v) is 7.87. The number of aromatic nitrogens is 1. The van der Waals surface area contributed by atoms with Crippen LogP contribution in [-0.2, 0) is 11.3 Å². The van der Waals surface area contributed by atoms with Crippen LogP contribution in [0.3, 0.4) is 0 Å². The van der Waals surface area contributed by atoms with Gasteiger partial charge in [0.1, 0.15) is 11.8 Å². The lowest BCUT2D eigenvalue weighted by Crippen LogP contribution is -2.16. The molecule has 2 heterocycles. The third kappa shape index (κ3) is 4.12. The molecule has 3 rings (SSSR count). The maximum Gasteiger partial charge on any atom is 0.293 e. The van der Waals surface area contributed by atoms with E-state index in [1.54, 1.807) is 18.3 Å². The molecule has 8 heteroatoms. The minimum atomic E-state index is -0.463. The van der Waals surface area contributed by atoms with Gasteiger partial charge in [-0.3, -0.25) is 10.1 Å². The van der Waals surface area contributed by atoms with E-state index in [2.05, 4.69) is 10.3 Å². The smallest absolute Gasteiger partial charge is 0.293 e. The van der Waals surface area contributed by atoms with Crippen LogP contribution in [0.5, 0.6) is 5.88 Å². The summed E-state index contributed by atoms with van der Waals surface area (Å²) in [6.07, 6.45) is 2.53. The molecule has 1 saturated heterocycles.